The second-order valence-corrected chi connectivity index (χ2v) is 3.82. The third-order valence-electron chi connectivity index (χ3n) is 2.96. The molecule has 0 spiro atoms. The van der Waals surface area contributed by atoms with Crippen molar-refractivity contribution in [1.29, 1.82) is 0 Å². The Morgan fingerprint density at radius 2 is 2.27 bits per heavy atom. The minimum atomic E-state index is 0.304. The molecule has 2 nitrogen and oxygen atoms in total. The van der Waals surface area contributed by atoms with Gasteiger partial charge in [-0.1, -0.05) is 6.92 Å². The molecule has 2 fully saturated rings. The molecule has 2 aliphatic heterocycles. The van der Waals surface area contributed by atoms with Gasteiger partial charge in [0.05, 0.1) is 0 Å². The van der Waals surface area contributed by atoms with Crippen molar-refractivity contribution >= 4 is 5.91 Å². The Morgan fingerprint density at radius 1 is 1.45 bits per heavy atom. The predicted octanol–water partition coefficient (Wildman–Crippen LogP) is 1.41. The average molecular weight is 153 g/mol. The lowest BCUT2D eigenvalue weighted by Crippen LogP contribution is -2.37. The summed E-state index contributed by atoms with van der Waals surface area (Å²) in [6.07, 6.45) is 4.89. The molecule has 2 aliphatic rings. The Bertz CT molecular complexity index is 178. The molecule has 2 rings (SSSR count). The fourth-order valence-electron chi connectivity index (χ4n) is 2.33. The zero-order valence-corrected chi connectivity index (χ0v) is 7.05. The monoisotopic (exact) mass is 153 g/mol. The van der Waals surface area contributed by atoms with Crippen molar-refractivity contribution in [3.63, 3.8) is 0 Å². The minimum Gasteiger partial charge on any atom is -0.339 e. The first-order valence-corrected chi connectivity index (χ1v) is 4.59. The topological polar surface area (TPSA) is 20.3 Å². The molecular formula is C9H15NO. The maximum Gasteiger partial charge on any atom is 0.225 e. The quantitative estimate of drug-likeness (QED) is 0.515. The van der Waals surface area contributed by atoms with Crippen molar-refractivity contribution in [2.75, 3.05) is 6.54 Å². The normalized spacial score (nSPS) is 37.5. The number of amides is 1. The van der Waals surface area contributed by atoms with E-state index in [0.717, 1.165) is 13.0 Å². The Balaban J connectivity index is 2.11. The van der Waals surface area contributed by atoms with Gasteiger partial charge in [0.15, 0.2) is 0 Å². The van der Waals surface area contributed by atoms with Crippen LogP contribution in [0.1, 0.15) is 32.6 Å². The third kappa shape index (κ3) is 1.05. The Labute approximate surface area is 67.6 Å². The lowest BCUT2D eigenvalue weighted by molar-refractivity contribution is -0.132. The molecule has 2 saturated heterocycles. The maximum atomic E-state index is 11.5. The van der Waals surface area contributed by atoms with Crippen LogP contribution in [-0.4, -0.2) is 23.4 Å². The van der Waals surface area contributed by atoms with E-state index in [2.05, 4.69) is 11.8 Å². The number of nitrogens with zero attached hydrogens (tertiary/aromatic N) is 1. The highest BCUT2D eigenvalue weighted by molar-refractivity contribution is 5.81. The molecule has 62 valence electrons. The molecule has 0 bridgehead atoms. The fraction of sp³-hybridized carbons (Fsp3) is 0.889. The molecule has 0 aromatic rings. The Morgan fingerprint density at radius 3 is 3.00 bits per heavy atom. The summed E-state index contributed by atoms with van der Waals surface area (Å²) in [7, 11) is 0. The summed E-state index contributed by atoms with van der Waals surface area (Å²) in [4.78, 5) is 13.6. The van der Waals surface area contributed by atoms with Gasteiger partial charge in [-0.05, 0) is 25.7 Å². The summed E-state index contributed by atoms with van der Waals surface area (Å²) < 4.78 is 0. The third-order valence-corrected chi connectivity index (χ3v) is 2.96. The standard InChI is InChI=1S/C9H15NO/c1-7-6-8-4-2-3-5-10(8)9(7)11/h7-8H,2-6H2,1H3. The van der Waals surface area contributed by atoms with E-state index in [0.29, 0.717) is 17.9 Å². The van der Waals surface area contributed by atoms with E-state index in [4.69, 9.17) is 0 Å². The van der Waals surface area contributed by atoms with Gasteiger partial charge in [-0.25, -0.2) is 0 Å². The lowest BCUT2D eigenvalue weighted by atomic mass is 10.0. The van der Waals surface area contributed by atoms with Gasteiger partial charge in [0, 0.05) is 18.5 Å². The van der Waals surface area contributed by atoms with E-state index in [9.17, 15) is 4.79 Å². The first kappa shape index (κ1) is 7.14. The van der Waals surface area contributed by atoms with Gasteiger partial charge < -0.3 is 4.90 Å². The molecular weight excluding hydrogens is 138 g/mol. The lowest BCUT2D eigenvalue weighted by Gasteiger charge is -2.29. The molecule has 0 aromatic heterocycles. The van der Waals surface area contributed by atoms with Crippen molar-refractivity contribution in [3.05, 3.63) is 0 Å². The SMILES string of the molecule is CC1CC2CCCCN2C1=O. The van der Waals surface area contributed by atoms with E-state index in [1.54, 1.807) is 0 Å². The van der Waals surface area contributed by atoms with Crippen LogP contribution >= 0.6 is 0 Å². The molecule has 1 amide bonds. The summed E-state index contributed by atoms with van der Waals surface area (Å²) >= 11 is 0. The summed E-state index contributed by atoms with van der Waals surface area (Å²) in [5.74, 6) is 0.702. The van der Waals surface area contributed by atoms with Crippen molar-refractivity contribution in [1.82, 2.24) is 4.90 Å². The van der Waals surface area contributed by atoms with Crippen molar-refractivity contribution in [2.45, 2.75) is 38.6 Å². The van der Waals surface area contributed by atoms with E-state index >= 15 is 0 Å². The molecule has 0 aromatic carbocycles. The van der Waals surface area contributed by atoms with Gasteiger partial charge in [-0.3, -0.25) is 4.79 Å². The van der Waals surface area contributed by atoms with Crippen molar-refractivity contribution < 1.29 is 4.79 Å². The number of hydrogen-bond donors (Lipinski definition) is 0. The van der Waals surface area contributed by atoms with Crippen LogP contribution in [0.25, 0.3) is 0 Å². The van der Waals surface area contributed by atoms with Crippen LogP contribution in [0, 0.1) is 5.92 Å². The summed E-state index contributed by atoms with van der Waals surface area (Å²) in [5.41, 5.74) is 0. The van der Waals surface area contributed by atoms with Crippen molar-refractivity contribution in [2.24, 2.45) is 5.92 Å². The zero-order chi connectivity index (χ0) is 7.84. The first-order valence-electron chi connectivity index (χ1n) is 4.59. The van der Waals surface area contributed by atoms with Crippen LogP contribution in [-0.2, 0) is 4.79 Å². The van der Waals surface area contributed by atoms with Gasteiger partial charge in [0.25, 0.3) is 0 Å². The second kappa shape index (κ2) is 2.50. The smallest absolute Gasteiger partial charge is 0.225 e. The molecule has 0 aliphatic carbocycles. The highest BCUT2D eigenvalue weighted by Crippen LogP contribution is 2.30. The minimum absolute atomic E-state index is 0.304. The highest BCUT2D eigenvalue weighted by atomic mass is 16.2. The first-order chi connectivity index (χ1) is 5.29. The number of hydrogen-bond acceptors (Lipinski definition) is 1. The van der Waals surface area contributed by atoms with E-state index < -0.39 is 0 Å². The van der Waals surface area contributed by atoms with E-state index in [-0.39, 0.29) is 0 Å². The zero-order valence-electron chi connectivity index (χ0n) is 7.05. The summed E-state index contributed by atoms with van der Waals surface area (Å²) in [5, 5.41) is 0. The van der Waals surface area contributed by atoms with Crippen LogP contribution in [0.5, 0.6) is 0 Å². The Kier molecular flexibility index (Phi) is 1.63. The highest BCUT2D eigenvalue weighted by Gasteiger charge is 2.37. The largest absolute Gasteiger partial charge is 0.339 e. The fourth-order valence-corrected chi connectivity index (χ4v) is 2.33. The maximum absolute atomic E-state index is 11.5. The van der Waals surface area contributed by atoms with Crippen molar-refractivity contribution in [3.8, 4) is 0 Å². The van der Waals surface area contributed by atoms with Crippen LogP contribution < -0.4 is 0 Å². The molecule has 2 atom stereocenters. The number of rotatable bonds is 0. The van der Waals surface area contributed by atoms with Crippen LogP contribution in [0.15, 0.2) is 0 Å². The number of carbonyl (C=O) groups excluding carboxylic acids is 1. The van der Waals surface area contributed by atoms with Crippen LogP contribution in [0.3, 0.4) is 0 Å². The second-order valence-electron chi connectivity index (χ2n) is 3.82. The number of piperidine rings is 1. The van der Waals surface area contributed by atoms with Gasteiger partial charge in [0.1, 0.15) is 0 Å². The molecule has 2 heterocycles. The van der Waals surface area contributed by atoms with Gasteiger partial charge in [-0.15, -0.1) is 0 Å². The predicted molar refractivity (Wildman–Crippen MR) is 43.1 cm³/mol. The van der Waals surface area contributed by atoms with Crippen LogP contribution in [0.2, 0.25) is 0 Å². The Hall–Kier alpha value is -0.530. The average Bonchev–Trinajstić information content (AvgIpc) is 2.30. The van der Waals surface area contributed by atoms with Gasteiger partial charge in [0.2, 0.25) is 5.91 Å². The molecule has 0 saturated carbocycles. The van der Waals surface area contributed by atoms with Crippen LogP contribution in [0.4, 0.5) is 0 Å². The molecule has 2 unspecified atom stereocenters. The molecule has 11 heavy (non-hydrogen) atoms. The van der Waals surface area contributed by atoms with Gasteiger partial charge >= 0.3 is 0 Å². The summed E-state index contributed by atoms with van der Waals surface area (Å²) in [6.45, 7) is 3.08. The van der Waals surface area contributed by atoms with Gasteiger partial charge in [-0.2, -0.15) is 0 Å². The number of carbonyl (C=O) groups is 1. The molecule has 2 heteroatoms. The summed E-state index contributed by atoms with van der Waals surface area (Å²) in [6, 6.07) is 0.603. The number of fused-ring (bicyclic) bond motifs is 1. The van der Waals surface area contributed by atoms with E-state index in [1.165, 1.54) is 19.3 Å². The molecule has 0 N–H and O–H groups in total. The van der Waals surface area contributed by atoms with E-state index in [1.807, 2.05) is 0 Å². The molecule has 0 radical (unpaired) electrons.